The molecule has 74 valence electrons. The van der Waals surface area contributed by atoms with Gasteiger partial charge in [0.15, 0.2) is 0 Å². The molecule has 0 bridgehead atoms. The minimum absolute atomic E-state index is 0.152. The van der Waals surface area contributed by atoms with Crippen molar-refractivity contribution in [2.75, 3.05) is 0 Å². The van der Waals surface area contributed by atoms with Gasteiger partial charge in [-0.2, -0.15) is 0 Å². The number of nitrogens with one attached hydrogen (secondary N) is 1. The molecule has 2 saturated carbocycles. The van der Waals surface area contributed by atoms with Gasteiger partial charge in [-0.3, -0.25) is 4.79 Å². The number of amides is 1. The van der Waals surface area contributed by atoms with Gasteiger partial charge in [0.25, 0.3) is 0 Å². The average molecular weight is 181 g/mol. The molecule has 0 saturated heterocycles. The Kier molecular flexibility index (Phi) is 2.31. The first kappa shape index (κ1) is 9.04. The summed E-state index contributed by atoms with van der Waals surface area (Å²) in [7, 11) is 0. The van der Waals surface area contributed by atoms with Crippen LogP contribution in [-0.4, -0.2) is 11.4 Å². The molecule has 0 unspecified atom stereocenters. The minimum Gasteiger partial charge on any atom is -0.351 e. The number of carbonyl (C=O) groups is 1. The number of hydrogen-bond donors (Lipinski definition) is 1. The standard InChI is InChI=1S/C11H19NO/c1-11(7-4-8-11)12-10(13)9-5-2-3-6-9/h9H,2-8H2,1H3,(H,12,13). The molecule has 2 rings (SSSR count). The molecule has 2 aliphatic rings. The third-order valence-electron chi connectivity index (χ3n) is 3.61. The van der Waals surface area contributed by atoms with E-state index in [4.69, 9.17) is 0 Å². The second-order valence-corrected chi connectivity index (χ2v) is 4.88. The Hall–Kier alpha value is -0.530. The van der Waals surface area contributed by atoms with E-state index in [0.29, 0.717) is 11.8 Å². The molecule has 2 aliphatic carbocycles. The van der Waals surface area contributed by atoms with Crippen molar-refractivity contribution >= 4 is 5.91 Å². The van der Waals surface area contributed by atoms with Crippen LogP contribution in [0.25, 0.3) is 0 Å². The lowest BCUT2D eigenvalue weighted by Gasteiger charge is -2.39. The molecular formula is C11H19NO. The van der Waals surface area contributed by atoms with Crippen LogP contribution in [0.5, 0.6) is 0 Å². The molecule has 1 N–H and O–H groups in total. The zero-order chi connectivity index (χ0) is 9.31. The first-order valence-corrected chi connectivity index (χ1v) is 5.52. The summed E-state index contributed by atoms with van der Waals surface area (Å²) >= 11 is 0. The Bertz CT molecular complexity index is 202. The van der Waals surface area contributed by atoms with Gasteiger partial charge >= 0.3 is 0 Å². The van der Waals surface area contributed by atoms with E-state index in [2.05, 4.69) is 12.2 Å². The second-order valence-electron chi connectivity index (χ2n) is 4.88. The molecule has 2 heteroatoms. The lowest BCUT2D eigenvalue weighted by atomic mass is 9.78. The van der Waals surface area contributed by atoms with Crippen LogP contribution in [0.2, 0.25) is 0 Å². The van der Waals surface area contributed by atoms with Crippen molar-refractivity contribution in [2.45, 2.75) is 57.4 Å². The number of hydrogen-bond acceptors (Lipinski definition) is 1. The molecule has 0 radical (unpaired) electrons. The lowest BCUT2D eigenvalue weighted by Crippen LogP contribution is -2.52. The van der Waals surface area contributed by atoms with E-state index in [-0.39, 0.29) is 5.54 Å². The van der Waals surface area contributed by atoms with Gasteiger partial charge in [0.05, 0.1) is 0 Å². The SMILES string of the molecule is CC1(NC(=O)C2CCCC2)CCC1. The first-order valence-electron chi connectivity index (χ1n) is 5.52. The summed E-state index contributed by atoms with van der Waals surface area (Å²) in [5.41, 5.74) is 0.152. The molecule has 1 amide bonds. The average Bonchev–Trinajstić information content (AvgIpc) is 2.53. The number of carbonyl (C=O) groups excluding carboxylic acids is 1. The summed E-state index contributed by atoms with van der Waals surface area (Å²) in [6, 6.07) is 0. The highest BCUT2D eigenvalue weighted by atomic mass is 16.2. The topological polar surface area (TPSA) is 29.1 Å². The van der Waals surface area contributed by atoms with Crippen LogP contribution in [0.3, 0.4) is 0 Å². The molecule has 0 aromatic carbocycles. The van der Waals surface area contributed by atoms with Crippen molar-refractivity contribution in [3.63, 3.8) is 0 Å². The smallest absolute Gasteiger partial charge is 0.223 e. The zero-order valence-electron chi connectivity index (χ0n) is 8.44. The predicted octanol–water partition coefficient (Wildman–Crippen LogP) is 2.24. The predicted molar refractivity (Wildman–Crippen MR) is 52.4 cm³/mol. The molecular weight excluding hydrogens is 162 g/mol. The maximum atomic E-state index is 11.7. The Morgan fingerprint density at radius 1 is 1.23 bits per heavy atom. The highest BCUT2D eigenvalue weighted by molar-refractivity contribution is 5.79. The first-order chi connectivity index (χ1) is 6.20. The fourth-order valence-electron chi connectivity index (χ4n) is 2.42. The lowest BCUT2D eigenvalue weighted by molar-refractivity contribution is -0.127. The van der Waals surface area contributed by atoms with Crippen LogP contribution < -0.4 is 5.32 Å². The van der Waals surface area contributed by atoms with Crippen molar-refractivity contribution < 1.29 is 4.79 Å². The molecule has 2 nitrogen and oxygen atoms in total. The van der Waals surface area contributed by atoms with Gasteiger partial charge in [-0.05, 0) is 39.0 Å². The van der Waals surface area contributed by atoms with E-state index < -0.39 is 0 Å². The van der Waals surface area contributed by atoms with Crippen LogP contribution in [0.15, 0.2) is 0 Å². The summed E-state index contributed by atoms with van der Waals surface area (Å²) in [6.07, 6.45) is 8.34. The molecule has 0 aliphatic heterocycles. The van der Waals surface area contributed by atoms with Crippen LogP contribution in [-0.2, 0) is 4.79 Å². The quantitative estimate of drug-likeness (QED) is 0.695. The van der Waals surface area contributed by atoms with Gasteiger partial charge in [-0.1, -0.05) is 12.8 Å². The molecule has 0 aromatic heterocycles. The normalized spacial score (nSPS) is 26.8. The molecule has 0 aromatic rings. The van der Waals surface area contributed by atoms with Crippen LogP contribution in [0, 0.1) is 5.92 Å². The summed E-state index contributed by atoms with van der Waals surface area (Å²) in [5, 5.41) is 3.20. The molecule has 0 atom stereocenters. The van der Waals surface area contributed by atoms with Crippen molar-refractivity contribution in [1.82, 2.24) is 5.32 Å². The highest BCUT2D eigenvalue weighted by Crippen LogP contribution is 2.32. The van der Waals surface area contributed by atoms with E-state index in [0.717, 1.165) is 12.8 Å². The summed E-state index contributed by atoms with van der Waals surface area (Å²) in [4.78, 5) is 11.7. The maximum absolute atomic E-state index is 11.7. The van der Waals surface area contributed by atoms with Crippen molar-refractivity contribution in [2.24, 2.45) is 5.92 Å². The zero-order valence-corrected chi connectivity index (χ0v) is 8.44. The third kappa shape index (κ3) is 1.87. The Morgan fingerprint density at radius 2 is 1.85 bits per heavy atom. The molecule has 13 heavy (non-hydrogen) atoms. The van der Waals surface area contributed by atoms with Crippen molar-refractivity contribution in [1.29, 1.82) is 0 Å². The van der Waals surface area contributed by atoms with Gasteiger partial charge in [0, 0.05) is 11.5 Å². The fourth-order valence-corrected chi connectivity index (χ4v) is 2.42. The van der Waals surface area contributed by atoms with E-state index in [1.54, 1.807) is 0 Å². The minimum atomic E-state index is 0.152. The van der Waals surface area contributed by atoms with E-state index in [1.165, 1.54) is 32.1 Å². The monoisotopic (exact) mass is 181 g/mol. The largest absolute Gasteiger partial charge is 0.351 e. The number of rotatable bonds is 2. The molecule has 2 fully saturated rings. The third-order valence-corrected chi connectivity index (χ3v) is 3.61. The van der Waals surface area contributed by atoms with E-state index in [1.807, 2.05) is 0 Å². The Labute approximate surface area is 80.1 Å². The van der Waals surface area contributed by atoms with Gasteiger partial charge in [-0.15, -0.1) is 0 Å². The highest BCUT2D eigenvalue weighted by Gasteiger charge is 2.35. The van der Waals surface area contributed by atoms with E-state index >= 15 is 0 Å². The van der Waals surface area contributed by atoms with Crippen molar-refractivity contribution in [3.05, 3.63) is 0 Å². The van der Waals surface area contributed by atoms with Crippen LogP contribution in [0.1, 0.15) is 51.9 Å². The fraction of sp³-hybridized carbons (Fsp3) is 0.909. The van der Waals surface area contributed by atoms with Gasteiger partial charge < -0.3 is 5.32 Å². The molecule has 0 heterocycles. The maximum Gasteiger partial charge on any atom is 0.223 e. The summed E-state index contributed by atoms with van der Waals surface area (Å²) in [5.74, 6) is 0.650. The van der Waals surface area contributed by atoms with E-state index in [9.17, 15) is 4.79 Å². The molecule has 0 spiro atoms. The second kappa shape index (κ2) is 3.32. The van der Waals surface area contributed by atoms with Gasteiger partial charge in [0.1, 0.15) is 0 Å². The van der Waals surface area contributed by atoms with Crippen molar-refractivity contribution in [3.8, 4) is 0 Å². The summed E-state index contributed by atoms with van der Waals surface area (Å²) < 4.78 is 0. The van der Waals surface area contributed by atoms with Gasteiger partial charge in [-0.25, -0.2) is 0 Å². The Balaban J connectivity index is 1.83. The van der Waals surface area contributed by atoms with Crippen LogP contribution in [0.4, 0.5) is 0 Å². The van der Waals surface area contributed by atoms with Crippen LogP contribution >= 0.6 is 0 Å². The van der Waals surface area contributed by atoms with Gasteiger partial charge in [0.2, 0.25) is 5.91 Å². The summed E-state index contributed by atoms with van der Waals surface area (Å²) in [6.45, 7) is 2.17. The Morgan fingerprint density at radius 3 is 2.31 bits per heavy atom.